The van der Waals surface area contributed by atoms with Crippen LogP contribution in [-0.4, -0.2) is 24.8 Å². The average Bonchev–Trinajstić information content (AvgIpc) is 2.32. The minimum absolute atomic E-state index is 0.258. The van der Waals surface area contributed by atoms with E-state index in [0.717, 1.165) is 0 Å². The Hall–Kier alpha value is -1.80. The first-order valence-electron chi connectivity index (χ1n) is 4.74. The normalized spacial score (nSPS) is 11.8. The lowest BCUT2D eigenvalue weighted by atomic mass is 10.2. The second kappa shape index (κ2) is 5.45. The maximum Gasteiger partial charge on any atom is 0.324 e. The van der Waals surface area contributed by atoms with Crippen LogP contribution in [0.4, 0.5) is 30.7 Å². The van der Waals surface area contributed by atoms with Crippen LogP contribution in [0.2, 0.25) is 0 Å². The Kier molecular flexibility index (Phi) is 4.38. The lowest BCUT2D eigenvalue weighted by molar-refractivity contribution is -0.123. The fourth-order valence-corrected chi connectivity index (χ4v) is 1.06. The summed E-state index contributed by atoms with van der Waals surface area (Å²) in [5.41, 5.74) is -0.804. The summed E-state index contributed by atoms with van der Waals surface area (Å²) >= 11 is 0. The summed E-state index contributed by atoms with van der Waals surface area (Å²) in [6.45, 7) is -1.72. The van der Waals surface area contributed by atoms with Crippen LogP contribution in [0.25, 0.3) is 0 Å². The van der Waals surface area contributed by atoms with Gasteiger partial charge in [0.05, 0.1) is 6.54 Å². The number of carbonyl (C=O) groups excluding carboxylic acids is 1. The minimum Gasteiger partial charge on any atom is -0.346 e. The second-order valence-electron chi connectivity index (χ2n) is 3.50. The summed E-state index contributed by atoms with van der Waals surface area (Å²) in [4.78, 5) is 11.2. The molecule has 0 aliphatic heterocycles. The van der Waals surface area contributed by atoms with E-state index in [1.807, 2.05) is 0 Å². The van der Waals surface area contributed by atoms with Gasteiger partial charge in [0.15, 0.2) is 17.5 Å². The fraction of sp³-hybridized carbons (Fsp3) is 0.300. The molecule has 2 nitrogen and oxygen atoms in total. The summed E-state index contributed by atoms with van der Waals surface area (Å²) < 4.78 is 86.5. The van der Waals surface area contributed by atoms with Gasteiger partial charge in [-0.15, -0.1) is 0 Å². The average molecular weight is 289 g/mol. The van der Waals surface area contributed by atoms with Gasteiger partial charge in [-0.3, -0.25) is 4.79 Å². The largest absolute Gasteiger partial charge is 0.346 e. The monoisotopic (exact) mass is 289 g/mol. The van der Waals surface area contributed by atoms with E-state index >= 15 is 0 Å². The molecule has 0 atom stereocenters. The molecule has 1 aromatic rings. The summed E-state index contributed by atoms with van der Waals surface area (Å²) in [6, 6.07) is 0.516. The maximum absolute atomic E-state index is 12.7. The Morgan fingerprint density at radius 1 is 1.16 bits per heavy atom. The SMILES string of the molecule is O=C(NCC(F)(F)C(F)F)c1cc(F)c(F)c(F)c1. The van der Waals surface area contributed by atoms with Crippen LogP contribution in [-0.2, 0) is 0 Å². The number of carbonyl (C=O) groups is 1. The van der Waals surface area contributed by atoms with E-state index in [9.17, 15) is 35.5 Å². The molecular formula is C10H6F7NO. The molecule has 0 unspecified atom stereocenters. The van der Waals surface area contributed by atoms with Gasteiger partial charge in [0, 0.05) is 5.56 Å². The molecule has 0 aromatic heterocycles. The second-order valence-corrected chi connectivity index (χ2v) is 3.50. The van der Waals surface area contributed by atoms with E-state index in [-0.39, 0.29) is 12.1 Å². The number of alkyl halides is 4. The molecule has 0 heterocycles. The van der Waals surface area contributed by atoms with Crippen molar-refractivity contribution in [3.05, 3.63) is 35.1 Å². The Labute approximate surface area is 102 Å². The minimum atomic E-state index is -4.48. The van der Waals surface area contributed by atoms with Crippen LogP contribution in [0, 0.1) is 17.5 Å². The van der Waals surface area contributed by atoms with Crippen molar-refractivity contribution < 1.29 is 35.5 Å². The van der Waals surface area contributed by atoms with Crippen LogP contribution in [0.15, 0.2) is 12.1 Å². The number of hydrogen-bond acceptors (Lipinski definition) is 1. The van der Waals surface area contributed by atoms with Gasteiger partial charge >= 0.3 is 12.3 Å². The van der Waals surface area contributed by atoms with Crippen LogP contribution in [0.3, 0.4) is 0 Å². The molecule has 1 aromatic carbocycles. The molecule has 1 rings (SSSR count). The predicted molar refractivity (Wildman–Crippen MR) is 49.6 cm³/mol. The van der Waals surface area contributed by atoms with Crippen molar-refractivity contribution in [3.8, 4) is 0 Å². The molecule has 0 fully saturated rings. The molecule has 0 saturated heterocycles. The molecule has 9 heteroatoms. The van der Waals surface area contributed by atoms with Gasteiger partial charge in [-0.25, -0.2) is 22.0 Å². The number of amides is 1. The number of halogens is 7. The first kappa shape index (κ1) is 15.3. The van der Waals surface area contributed by atoms with Crippen molar-refractivity contribution in [2.75, 3.05) is 6.54 Å². The summed E-state index contributed by atoms with van der Waals surface area (Å²) in [5.74, 6) is -11.2. The van der Waals surface area contributed by atoms with Gasteiger partial charge in [-0.05, 0) is 12.1 Å². The highest BCUT2D eigenvalue weighted by Gasteiger charge is 2.40. The molecule has 0 saturated carbocycles. The van der Waals surface area contributed by atoms with E-state index in [4.69, 9.17) is 0 Å². The topological polar surface area (TPSA) is 29.1 Å². The van der Waals surface area contributed by atoms with Crippen molar-refractivity contribution in [2.24, 2.45) is 0 Å². The standard InChI is InChI=1S/C10H6F7NO/c11-5-1-4(2-6(12)7(5)13)8(19)18-3-10(16,17)9(14)15/h1-2,9H,3H2,(H,18,19). The third-order valence-corrected chi connectivity index (χ3v) is 2.05. The van der Waals surface area contributed by atoms with E-state index < -0.39 is 47.8 Å². The van der Waals surface area contributed by atoms with Crippen molar-refractivity contribution >= 4 is 5.91 Å². The third-order valence-electron chi connectivity index (χ3n) is 2.05. The summed E-state index contributed by atoms with van der Waals surface area (Å²) in [6.07, 6.45) is -4.01. The highest BCUT2D eigenvalue weighted by molar-refractivity contribution is 5.94. The highest BCUT2D eigenvalue weighted by atomic mass is 19.3. The predicted octanol–water partition coefficient (Wildman–Crippen LogP) is 2.73. The number of benzene rings is 1. The van der Waals surface area contributed by atoms with Gasteiger partial charge in [-0.1, -0.05) is 0 Å². The van der Waals surface area contributed by atoms with E-state index in [0.29, 0.717) is 0 Å². The lowest BCUT2D eigenvalue weighted by Crippen LogP contribution is -2.41. The zero-order valence-corrected chi connectivity index (χ0v) is 8.99. The van der Waals surface area contributed by atoms with Gasteiger partial charge in [0.1, 0.15) is 0 Å². The van der Waals surface area contributed by atoms with Crippen molar-refractivity contribution in [3.63, 3.8) is 0 Å². The maximum atomic E-state index is 12.7. The number of nitrogens with one attached hydrogen (secondary N) is 1. The molecule has 0 aliphatic rings. The van der Waals surface area contributed by atoms with Crippen molar-refractivity contribution in [2.45, 2.75) is 12.3 Å². The van der Waals surface area contributed by atoms with Crippen molar-refractivity contribution in [1.82, 2.24) is 5.32 Å². The van der Waals surface area contributed by atoms with Gasteiger partial charge < -0.3 is 5.32 Å². The Morgan fingerprint density at radius 2 is 1.63 bits per heavy atom. The molecular weight excluding hydrogens is 283 g/mol. The highest BCUT2D eigenvalue weighted by Crippen LogP contribution is 2.21. The zero-order chi connectivity index (χ0) is 14.8. The zero-order valence-electron chi connectivity index (χ0n) is 8.99. The molecule has 0 radical (unpaired) electrons. The van der Waals surface area contributed by atoms with Gasteiger partial charge in [0.2, 0.25) is 0 Å². The van der Waals surface area contributed by atoms with Gasteiger partial charge in [0.25, 0.3) is 5.91 Å². The Bertz CT molecular complexity index is 466. The Balaban J connectivity index is 2.80. The number of rotatable bonds is 4. The molecule has 106 valence electrons. The molecule has 0 aliphatic carbocycles. The smallest absolute Gasteiger partial charge is 0.324 e. The van der Waals surface area contributed by atoms with E-state index in [1.165, 1.54) is 5.32 Å². The number of hydrogen-bond donors (Lipinski definition) is 1. The molecule has 0 bridgehead atoms. The fourth-order valence-electron chi connectivity index (χ4n) is 1.06. The molecule has 19 heavy (non-hydrogen) atoms. The van der Waals surface area contributed by atoms with E-state index in [1.54, 1.807) is 0 Å². The van der Waals surface area contributed by atoms with Crippen molar-refractivity contribution in [1.29, 1.82) is 0 Å². The lowest BCUT2D eigenvalue weighted by Gasteiger charge is -2.15. The van der Waals surface area contributed by atoms with E-state index in [2.05, 4.69) is 0 Å². The van der Waals surface area contributed by atoms with Crippen LogP contribution < -0.4 is 5.32 Å². The molecule has 1 N–H and O–H groups in total. The van der Waals surface area contributed by atoms with Gasteiger partial charge in [-0.2, -0.15) is 8.78 Å². The van der Waals surface area contributed by atoms with Crippen LogP contribution in [0.1, 0.15) is 10.4 Å². The first-order valence-corrected chi connectivity index (χ1v) is 4.74. The summed E-state index contributed by atoms with van der Waals surface area (Å²) in [7, 11) is 0. The third kappa shape index (κ3) is 3.58. The first-order chi connectivity index (χ1) is 8.65. The summed E-state index contributed by atoms with van der Waals surface area (Å²) in [5, 5.41) is 1.37. The van der Waals surface area contributed by atoms with Crippen LogP contribution in [0.5, 0.6) is 0 Å². The molecule has 1 amide bonds. The Morgan fingerprint density at radius 3 is 2.05 bits per heavy atom. The molecule has 0 spiro atoms. The quantitative estimate of drug-likeness (QED) is 0.670. The van der Waals surface area contributed by atoms with Crippen LogP contribution >= 0.6 is 0 Å².